The van der Waals surface area contributed by atoms with E-state index in [9.17, 15) is 0 Å². The van der Waals surface area contributed by atoms with Gasteiger partial charge in [-0.15, -0.1) is 0 Å². The van der Waals surface area contributed by atoms with Crippen molar-refractivity contribution < 1.29 is 0 Å². The van der Waals surface area contributed by atoms with Gasteiger partial charge in [0.15, 0.2) is 0 Å². The van der Waals surface area contributed by atoms with E-state index >= 15 is 0 Å². The first-order chi connectivity index (χ1) is 8.66. The minimum Gasteiger partial charge on any atom is -0.399 e. The Kier molecular flexibility index (Phi) is 2.67. The minimum atomic E-state index is 0.420. The van der Waals surface area contributed by atoms with Crippen LogP contribution in [0.2, 0.25) is 5.02 Å². The monoisotopic (exact) mass is 258 g/mol. The van der Waals surface area contributed by atoms with E-state index in [4.69, 9.17) is 17.3 Å². The Morgan fingerprint density at radius 2 is 1.94 bits per heavy atom. The number of anilines is 3. The van der Waals surface area contributed by atoms with Crippen LogP contribution >= 0.6 is 11.6 Å². The van der Waals surface area contributed by atoms with Gasteiger partial charge in [0.25, 0.3) is 0 Å². The lowest BCUT2D eigenvalue weighted by Crippen LogP contribution is -2.24. The largest absolute Gasteiger partial charge is 0.399 e. The molecule has 0 aliphatic carbocycles. The molecule has 0 bridgehead atoms. The van der Waals surface area contributed by atoms with Crippen molar-refractivity contribution in [1.29, 1.82) is 0 Å². The highest BCUT2D eigenvalue weighted by Gasteiger charge is 2.27. The zero-order valence-corrected chi connectivity index (χ0v) is 11.0. The van der Waals surface area contributed by atoms with Gasteiger partial charge in [-0.1, -0.05) is 29.8 Å². The van der Waals surface area contributed by atoms with E-state index in [1.807, 2.05) is 18.2 Å². The second kappa shape index (κ2) is 4.21. The van der Waals surface area contributed by atoms with Gasteiger partial charge in [-0.25, -0.2) is 0 Å². The number of benzene rings is 2. The third-order valence-corrected chi connectivity index (χ3v) is 3.74. The number of nitrogens with two attached hydrogens (primary N) is 1. The van der Waals surface area contributed by atoms with Crippen molar-refractivity contribution in [3.8, 4) is 0 Å². The van der Waals surface area contributed by atoms with E-state index in [2.05, 4.69) is 36.1 Å². The summed E-state index contributed by atoms with van der Waals surface area (Å²) in [5, 5.41) is 0.707. The Morgan fingerprint density at radius 1 is 1.17 bits per heavy atom. The van der Waals surface area contributed by atoms with Crippen LogP contribution in [0.4, 0.5) is 17.1 Å². The van der Waals surface area contributed by atoms with Crippen LogP contribution in [0.25, 0.3) is 0 Å². The Bertz CT molecular complexity index is 595. The predicted octanol–water partition coefficient (Wildman–Crippen LogP) is 4.00. The molecule has 2 aromatic carbocycles. The summed E-state index contributed by atoms with van der Waals surface area (Å²) in [5.74, 6) is 0. The number of nitrogens with zero attached hydrogens (tertiary/aromatic N) is 1. The molecule has 0 saturated heterocycles. The van der Waals surface area contributed by atoms with Gasteiger partial charge in [0.05, 0.1) is 10.7 Å². The van der Waals surface area contributed by atoms with Crippen LogP contribution in [0.1, 0.15) is 12.5 Å². The van der Waals surface area contributed by atoms with Crippen LogP contribution in [0.5, 0.6) is 0 Å². The highest BCUT2D eigenvalue weighted by atomic mass is 35.5. The van der Waals surface area contributed by atoms with Gasteiger partial charge in [0.1, 0.15) is 0 Å². The Morgan fingerprint density at radius 3 is 2.72 bits per heavy atom. The first-order valence-electron chi connectivity index (χ1n) is 6.09. The van der Waals surface area contributed by atoms with E-state index in [0.717, 1.165) is 12.1 Å². The van der Waals surface area contributed by atoms with Gasteiger partial charge in [-0.3, -0.25) is 0 Å². The molecule has 18 heavy (non-hydrogen) atoms. The summed E-state index contributed by atoms with van der Waals surface area (Å²) in [6, 6.07) is 14.6. The van der Waals surface area contributed by atoms with Crippen molar-refractivity contribution in [2.24, 2.45) is 0 Å². The fraction of sp³-hybridized carbons (Fsp3) is 0.200. The Balaban J connectivity index is 2.12. The average molecular weight is 259 g/mol. The van der Waals surface area contributed by atoms with E-state index in [0.29, 0.717) is 16.8 Å². The summed E-state index contributed by atoms with van der Waals surface area (Å²) in [7, 11) is 0. The lowest BCUT2D eigenvalue weighted by molar-refractivity contribution is 0.759. The molecule has 2 nitrogen and oxygen atoms in total. The Labute approximate surface area is 112 Å². The number of fused-ring (bicyclic) bond motifs is 1. The molecule has 2 aromatic rings. The van der Waals surface area contributed by atoms with E-state index < -0.39 is 0 Å². The van der Waals surface area contributed by atoms with Crippen LogP contribution in [0, 0.1) is 0 Å². The maximum Gasteiger partial charge on any atom is 0.0663 e. The molecular weight excluding hydrogens is 244 g/mol. The molecule has 3 rings (SSSR count). The molecule has 2 N–H and O–H groups in total. The zero-order chi connectivity index (χ0) is 12.7. The molecule has 1 atom stereocenters. The maximum absolute atomic E-state index is 6.32. The topological polar surface area (TPSA) is 29.3 Å². The number of nitrogen functional groups attached to an aromatic ring is 1. The summed E-state index contributed by atoms with van der Waals surface area (Å²) in [6.07, 6.45) is 1.05. The molecule has 0 amide bonds. The van der Waals surface area contributed by atoms with Gasteiger partial charge < -0.3 is 10.6 Å². The number of para-hydroxylation sites is 1. The van der Waals surface area contributed by atoms with Crippen LogP contribution in [-0.2, 0) is 6.42 Å². The highest BCUT2D eigenvalue weighted by Crippen LogP contribution is 2.41. The number of halogens is 1. The molecule has 1 unspecified atom stereocenters. The molecule has 1 aliphatic rings. The molecule has 0 saturated carbocycles. The van der Waals surface area contributed by atoms with Crippen molar-refractivity contribution in [2.75, 3.05) is 10.6 Å². The smallest absolute Gasteiger partial charge is 0.0663 e. The molecule has 0 fully saturated rings. The molecular formula is C15H15ClN2. The molecule has 92 valence electrons. The summed E-state index contributed by atoms with van der Waals surface area (Å²) in [6.45, 7) is 2.21. The number of hydrogen-bond acceptors (Lipinski definition) is 2. The van der Waals surface area contributed by atoms with Crippen LogP contribution in [0.3, 0.4) is 0 Å². The lowest BCUT2D eigenvalue weighted by Gasteiger charge is -2.26. The van der Waals surface area contributed by atoms with Gasteiger partial charge in [0, 0.05) is 17.4 Å². The maximum atomic E-state index is 6.32. The quantitative estimate of drug-likeness (QED) is 0.784. The fourth-order valence-electron chi connectivity index (χ4n) is 2.65. The number of hydrogen-bond donors (Lipinski definition) is 1. The van der Waals surface area contributed by atoms with Crippen LogP contribution in [0.15, 0.2) is 42.5 Å². The lowest BCUT2D eigenvalue weighted by atomic mass is 10.1. The average Bonchev–Trinajstić information content (AvgIpc) is 2.66. The van der Waals surface area contributed by atoms with Crippen LogP contribution < -0.4 is 10.6 Å². The SMILES string of the molecule is CC1Cc2ccccc2N1c1ccc(N)cc1Cl. The molecule has 1 heterocycles. The molecule has 0 radical (unpaired) electrons. The van der Waals surface area contributed by atoms with Crippen molar-refractivity contribution in [3.05, 3.63) is 53.1 Å². The summed E-state index contributed by atoms with van der Waals surface area (Å²) in [4.78, 5) is 2.29. The van der Waals surface area contributed by atoms with Gasteiger partial charge in [0.2, 0.25) is 0 Å². The summed E-state index contributed by atoms with van der Waals surface area (Å²) >= 11 is 6.32. The predicted molar refractivity (Wildman–Crippen MR) is 77.6 cm³/mol. The van der Waals surface area contributed by atoms with Crippen molar-refractivity contribution in [2.45, 2.75) is 19.4 Å². The van der Waals surface area contributed by atoms with Crippen molar-refractivity contribution in [1.82, 2.24) is 0 Å². The van der Waals surface area contributed by atoms with E-state index in [1.165, 1.54) is 11.3 Å². The van der Waals surface area contributed by atoms with Gasteiger partial charge in [-0.2, -0.15) is 0 Å². The third-order valence-electron chi connectivity index (χ3n) is 3.44. The van der Waals surface area contributed by atoms with E-state index in [1.54, 1.807) is 0 Å². The molecule has 3 heteroatoms. The standard InChI is InChI=1S/C15H15ClN2/c1-10-8-11-4-2-3-5-14(11)18(10)15-7-6-12(17)9-13(15)16/h2-7,9-10H,8,17H2,1H3. The fourth-order valence-corrected chi connectivity index (χ4v) is 2.93. The zero-order valence-electron chi connectivity index (χ0n) is 10.2. The van der Waals surface area contributed by atoms with Crippen molar-refractivity contribution >= 4 is 28.7 Å². The van der Waals surface area contributed by atoms with Gasteiger partial charge >= 0.3 is 0 Å². The second-order valence-corrected chi connectivity index (χ2v) is 5.17. The first kappa shape index (κ1) is 11.4. The third kappa shape index (κ3) is 1.73. The molecule has 0 aromatic heterocycles. The number of rotatable bonds is 1. The summed E-state index contributed by atoms with van der Waals surface area (Å²) < 4.78 is 0. The second-order valence-electron chi connectivity index (χ2n) is 4.76. The summed E-state index contributed by atoms with van der Waals surface area (Å²) in [5.41, 5.74) is 10.1. The normalized spacial score (nSPS) is 17.9. The first-order valence-corrected chi connectivity index (χ1v) is 6.47. The highest BCUT2D eigenvalue weighted by molar-refractivity contribution is 6.33. The van der Waals surface area contributed by atoms with E-state index in [-0.39, 0.29) is 0 Å². The Hall–Kier alpha value is -1.67. The van der Waals surface area contributed by atoms with Crippen molar-refractivity contribution in [3.63, 3.8) is 0 Å². The molecule has 1 aliphatic heterocycles. The van der Waals surface area contributed by atoms with Gasteiger partial charge in [-0.05, 0) is 43.2 Å². The van der Waals surface area contributed by atoms with Crippen LogP contribution in [-0.4, -0.2) is 6.04 Å². The minimum absolute atomic E-state index is 0.420. The molecule has 0 spiro atoms.